The van der Waals surface area contributed by atoms with Crippen molar-refractivity contribution in [2.45, 2.75) is 30.8 Å². The summed E-state index contributed by atoms with van der Waals surface area (Å²) < 4.78 is 41.2. The fourth-order valence-corrected chi connectivity index (χ4v) is 5.33. The molecule has 1 amide bonds. The predicted molar refractivity (Wildman–Crippen MR) is 98.7 cm³/mol. The highest BCUT2D eigenvalue weighted by molar-refractivity contribution is 7.92. The lowest BCUT2D eigenvalue weighted by atomic mass is 10.0. The Morgan fingerprint density at radius 1 is 1.15 bits per heavy atom. The van der Waals surface area contributed by atoms with E-state index in [1.165, 1.54) is 35.5 Å². The molecule has 0 saturated carbocycles. The van der Waals surface area contributed by atoms with Crippen LogP contribution in [0.3, 0.4) is 0 Å². The third-order valence-electron chi connectivity index (χ3n) is 5.14. The molecule has 2 aromatic carbocycles. The summed E-state index contributed by atoms with van der Waals surface area (Å²) in [5.41, 5.74) is 2.11. The fourth-order valence-electron chi connectivity index (χ4n) is 3.78. The minimum absolute atomic E-state index is 0.0784. The maximum Gasteiger partial charge on any atom is 0.264 e. The molecule has 0 bridgehead atoms. The van der Waals surface area contributed by atoms with Gasteiger partial charge in [-0.1, -0.05) is 0 Å². The zero-order valence-electron chi connectivity index (χ0n) is 14.7. The average molecular weight is 390 g/mol. The van der Waals surface area contributed by atoms with Gasteiger partial charge < -0.3 is 10.0 Å². The summed E-state index contributed by atoms with van der Waals surface area (Å²) in [7, 11) is -3.87. The van der Waals surface area contributed by atoms with Crippen LogP contribution in [0, 0.1) is 5.82 Å². The van der Waals surface area contributed by atoms with Crippen LogP contribution in [0.15, 0.2) is 41.3 Å². The summed E-state index contributed by atoms with van der Waals surface area (Å²) in [4.78, 5) is 13.4. The number of aliphatic hydroxyl groups excluding tert-OH is 1. The predicted octanol–water partition coefficient (Wildman–Crippen LogP) is 2.37. The second-order valence-electron chi connectivity index (χ2n) is 6.80. The molecule has 0 fully saturated rings. The number of anilines is 2. The Hall–Kier alpha value is -2.45. The molecule has 2 aliphatic heterocycles. The molecule has 4 rings (SSSR count). The van der Waals surface area contributed by atoms with E-state index in [0.717, 1.165) is 11.3 Å². The quantitative estimate of drug-likeness (QED) is 0.854. The zero-order chi connectivity index (χ0) is 19.3. The Labute approximate surface area is 156 Å². The van der Waals surface area contributed by atoms with E-state index >= 15 is 0 Å². The number of benzene rings is 2. The van der Waals surface area contributed by atoms with Crippen molar-refractivity contribution in [2.75, 3.05) is 22.3 Å². The molecule has 0 aliphatic carbocycles. The molecule has 6 nitrogen and oxygen atoms in total. The van der Waals surface area contributed by atoms with Crippen LogP contribution in [0.2, 0.25) is 0 Å². The monoisotopic (exact) mass is 390 g/mol. The molecule has 2 aliphatic rings. The molecule has 142 valence electrons. The number of carbonyl (C=O) groups is 1. The van der Waals surface area contributed by atoms with E-state index in [2.05, 4.69) is 0 Å². The van der Waals surface area contributed by atoms with Gasteiger partial charge in [0.15, 0.2) is 0 Å². The molecule has 2 aromatic rings. The van der Waals surface area contributed by atoms with Crippen molar-refractivity contribution in [1.82, 2.24) is 0 Å². The van der Waals surface area contributed by atoms with Gasteiger partial charge in [0.05, 0.1) is 16.7 Å². The summed E-state index contributed by atoms with van der Waals surface area (Å²) in [6, 6.07) is 8.49. The Bertz CT molecular complexity index is 1040. The second-order valence-corrected chi connectivity index (χ2v) is 8.66. The molecule has 0 aromatic heterocycles. The number of hydrogen-bond acceptors (Lipinski definition) is 4. The third kappa shape index (κ3) is 2.89. The molecular weight excluding hydrogens is 371 g/mol. The number of hydrogen-bond donors (Lipinski definition) is 1. The van der Waals surface area contributed by atoms with Gasteiger partial charge in [-0.15, -0.1) is 0 Å². The molecule has 0 radical (unpaired) electrons. The lowest BCUT2D eigenvalue weighted by Gasteiger charge is -2.33. The Balaban J connectivity index is 1.75. The minimum atomic E-state index is -3.87. The van der Waals surface area contributed by atoms with Crippen molar-refractivity contribution in [3.63, 3.8) is 0 Å². The van der Waals surface area contributed by atoms with Crippen molar-refractivity contribution >= 4 is 27.3 Å². The molecule has 1 unspecified atom stereocenters. The molecule has 0 spiro atoms. The van der Waals surface area contributed by atoms with Gasteiger partial charge in [-0.3, -0.25) is 9.10 Å². The van der Waals surface area contributed by atoms with Crippen LogP contribution < -0.4 is 9.21 Å². The second kappa shape index (κ2) is 6.31. The van der Waals surface area contributed by atoms with Gasteiger partial charge in [-0.25, -0.2) is 12.8 Å². The minimum Gasteiger partial charge on any atom is -0.388 e. The number of fused-ring (bicyclic) bond motifs is 2. The SMILES string of the molecule is CC(=O)N1CCc2cc(S(=O)(=O)N3CCC(O)c4cc(F)ccc43)ccc21. The van der Waals surface area contributed by atoms with Crippen LogP contribution in [0.5, 0.6) is 0 Å². The van der Waals surface area contributed by atoms with E-state index in [-0.39, 0.29) is 29.3 Å². The summed E-state index contributed by atoms with van der Waals surface area (Å²) >= 11 is 0. The van der Waals surface area contributed by atoms with Crippen molar-refractivity contribution in [3.05, 3.63) is 53.3 Å². The number of aliphatic hydroxyl groups is 1. The van der Waals surface area contributed by atoms with E-state index in [1.807, 2.05) is 0 Å². The summed E-state index contributed by atoms with van der Waals surface area (Å²) in [6.45, 7) is 2.12. The van der Waals surface area contributed by atoms with Gasteiger partial charge in [0.2, 0.25) is 5.91 Å². The first kappa shape index (κ1) is 17.9. The highest BCUT2D eigenvalue weighted by Gasteiger charge is 2.34. The number of amides is 1. The van der Waals surface area contributed by atoms with Crippen LogP contribution in [0.4, 0.5) is 15.8 Å². The number of nitrogens with zero attached hydrogens (tertiary/aromatic N) is 2. The smallest absolute Gasteiger partial charge is 0.264 e. The Morgan fingerprint density at radius 3 is 2.63 bits per heavy atom. The lowest BCUT2D eigenvalue weighted by molar-refractivity contribution is -0.116. The van der Waals surface area contributed by atoms with Gasteiger partial charge in [-0.05, 0) is 54.8 Å². The molecule has 27 heavy (non-hydrogen) atoms. The van der Waals surface area contributed by atoms with E-state index < -0.39 is 21.9 Å². The number of sulfonamides is 1. The molecular formula is C19H19FN2O4S. The maximum atomic E-state index is 13.6. The fraction of sp³-hybridized carbons (Fsp3) is 0.316. The van der Waals surface area contributed by atoms with E-state index in [1.54, 1.807) is 17.0 Å². The third-order valence-corrected chi connectivity index (χ3v) is 6.95. The molecule has 1 atom stereocenters. The Morgan fingerprint density at radius 2 is 1.89 bits per heavy atom. The van der Waals surface area contributed by atoms with Crippen molar-refractivity contribution < 1.29 is 22.7 Å². The molecule has 0 saturated heterocycles. The molecule has 8 heteroatoms. The van der Waals surface area contributed by atoms with Gasteiger partial charge in [0, 0.05) is 31.3 Å². The van der Waals surface area contributed by atoms with Crippen molar-refractivity contribution in [2.24, 2.45) is 0 Å². The van der Waals surface area contributed by atoms with Crippen LogP contribution in [0.1, 0.15) is 30.6 Å². The molecule has 2 heterocycles. The maximum absolute atomic E-state index is 13.6. The standard InChI is InChI=1S/C19H19FN2O4S/c1-12(23)21-8-6-13-10-15(3-5-17(13)21)27(25,26)22-9-7-19(24)16-11-14(20)2-4-18(16)22/h2-5,10-11,19,24H,6-9H2,1H3. The highest BCUT2D eigenvalue weighted by atomic mass is 32.2. The normalized spacial score (nSPS) is 19.0. The van der Waals surface area contributed by atoms with E-state index in [4.69, 9.17) is 0 Å². The lowest BCUT2D eigenvalue weighted by Crippen LogP contribution is -2.36. The number of carbonyl (C=O) groups excluding carboxylic acids is 1. The van der Waals surface area contributed by atoms with Gasteiger partial charge in [0.25, 0.3) is 10.0 Å². The van der Waals surface area contributed by atoms with E-state index in [9.17, 15) is 22.7 Å². The van der Waals surface area contributed by atoms with Crippen LogP contribution in [-0.2, 0) is 21.2 Å². The molecule has 1 N–H and O–H groups in total. The van der Waals surface area contributed by atoms with Gasteiger partial charge >= 0.3 is 0 Å². The average Bonchev–Trinajstić information content (AvgIpc) is 3.05. The van der Waals surface area contributed by atoms with Crippen LogP contribution >= 0.6 is 0 Å². The van der Waals surface area contributed by atoms with Gasteiger partial charge in [-0.2, -0.15) is 0 Å². The summed E-state index contributed by atoms with van der Waals surface area (Å²) in [6.07, 6.45) is -0.108. The summed E-state index contributed by atoms with van der Waals surface area (Å²) in [5.74, 6) is -0.598. The van der Waals surface area contributed by atoms with Crippen molar-refractivity contribution in [3.8, 4) is 0 Å². The number of halogens is 1. The number of rotatable bonds is 2. The summed E-state index contributed by atoms with van der Waals surface area (Å²) in [5, 5.41) is 10.1. The first-order chi connectivity index (χ1) is 12.8. The topological polar surface area (TPSA) is 77.9 Å². The van der Waals surface area contributed by atoms with Gasteiger partial charge in [0.1, 0.15) is 5.82 Å². The largest absolute Gasteiger partial charge is 0.388 e. The van der Waals surface area contributed by atoms with Crippen molar-refractivity contribution in [1.29, 1.82) is 0 Å². The van der Waals surface area contributed by atoms with Crippen LogP contribution in [0.25, 0.3) is 0 Å². The highest BCUT2D eigenvalue weighted by Crippen LogP contribution is 2.38. The Kier molecular flexibility index (Phi) is 4.20. The zero-order valence-corrected chi connectivity index (χ0v) is 15.5. The first-order valence-corrected chi connectivity index (χ1v) is 10.1. The van der Waals surface area contributed by atoms with E-state index in [0.29, 0.717) is 18.7 Å². The first-order valence-electron chi connectivity index (χ1n) is 8.70. The van der Waals surface area contributed by atoms with Crippen LogP contribution in [-0.4, -0.2) is 32.5 Å².